The van der Waals surface area contributed by atoms with Crippen LogP contribution in [-0.4, -0.2) is 58.1 Å². The predicted molar refractivity (Wildman–Crippen MR) is 110 cm³/mol. The van der Waals surface area contributed by atoms with Crippen LogP contribution in [0.3, 0.4) is 0 Å². The smallest absolute Gasteiger partial charge is 0.251 e. The molecule has 9 nitrogen and oxygen atoms in total. The van der Waals surface area contributed by atoms with E-state index >= 15 is 0 Å². The van der Waals surface area contributed by atoms with Gasteiger partial charge in [0.2, 0.25) is 10.0 Å². The Morgan fingerprint density at radius 3 is 2.83 bits per heavy atom. The molecule has 1 aromatic carbocycles. The summed E-state index contributed by atoms with van der Waals surface area (Å²) in [5.41, 5.74) is 1.50. The second kappa shape index (κ2) is 8.44. The summed E-state index contributed by atoms with van der Waals surface area (Å²) in [4.78, 5) is 12.3. The van der Waals surface area contributed by atoms with Crippen LogP contribution in [0.5, 0.6) is 0 Å². The summed E-state index contributed by atoms with van der Waals surface area (Å²) in [5, 5.41) is 11.3. The topological polar surface area (TPSA) is 106 Å². The Bertz CT molecular complexity index is 1010. The van der Waals surface area contributed by atoms with Gasteiger partial charge in [-0.3, -0.25) is 4.79 Å². The molecular formula is C20H27N5O4S. The van der Waals surface area contributed by atoms with Gasteiger partial charge in [0.05, 0.1) is 31.1 Å². The van der Waals surface area contributed by atoms with Gasteiger partial charge < -0.3 is 10.1 Å². The summed E-state index contributed by atoms with van der Waals surface area (Å²) in [7, 11) is -3.26. The van der Waals surface area contributed by atoms with Gasteiger partial charge in [-0.25, -0.2) is 13.1 Å². The number of hydrogen-bond donors (Lipinski definition) is 1. The minimum absolute atomic E-state index is 0.156. The molecule has 1 spiro atoms. The number of fused-ring (bicyclic) bond motifs is 1. The van der Waals surface area contributed by atoms with E-state index in [2.05, 4.69) is 15.6 Å². The molecule has 0 bridgehead atoms. The van der Waals surface area contributed by atoms with Crippen LogP contribution in [0, 0.1) is 0 Å². The summed E-state index contributed by atoms with van der Waals surface area (Å²) in [5.74, 6) is -0.0160. The number of sulfonamides is 1. The summed E-state index contributed by atoms with van der Waals surface area (Å²) < 4.78 is 34.6. The SMILES string of the molecule is CCCS(=O)(=O)N1CCCC2(C1)Cn1nnc(CNC(=O)c3ccccc3)c1CO2. The highest BCUT2D eigenvalue weighted by molar-refractivity contribution is 7.89. The molecule has 1 atom stereocenters. The quantitative estimate of drug-likeness (QED) is 0.736. The lowest BCUT2D eigenvalue weighted by Gasteiger charge is -2.44. The van der Waals surface area contributed by atoms with Crippen LogP contribution in [0.1, 0.15) is 47.9 Å². The lowest BCUT2D eigenvalue weighted by Crippen LogP contribution is -2.55. The fourth-order valence-electron chi connectivity index (χ4n) is 4.11. The molecule has 1 unspecified atom stereocenters. The maximum Gasteiger partial charge on any atom is 0.251 e. The molecule has 2 aromatic rings. The second-order valence-electron chi connectivity index (χ2n) is 7.91. The minimum atomic E-state index is -3.26. The molecule has 3 heterocycles. The lowest BCUT2D eigenvalue weighted by atomic mass is 9.92. The standard InChI is InChI=1S/C20H27N5O4S/c1-2-11-30(27,28)24-10-6-9-20(14-24)15-25-18(13-29-20)17(22-23-25)12-21-19(26)16-7-4-3-5-8-16/h3-5,7-8H,2,6,9-15H2,1H3,(H,21,26). The van der Waals surface area contributed by atoms with Gasteiger partial charge in [0.15, 0.2) is 0 Å². The molecule has 0 saturated carbocycles. The molecule has 1 N–H and O–H groups in total. The van der Waals surface area contributed by atoms with E-state index < -0.39 is 15.6 Å². The molecule has 4 rings (SSSR count). The molecule has 10 heteroatoms. The van der Waals surface area contributed by atoms with E-state index in [9.17, 15) is 13.2 Å². The first kappa shape index (κ1) is 21.0. The van der Waals surface area contributed by atoms with Gasteiger partial charge in [-0.15, -0.1) is 5.10 Å². The monoisotopic (exact) mass is 433 g/mol. The maximum atomic E-state index is 12.5. The van der Waals surface area contributed by atoms with Gasteiger partial charge in [0.1, 0.15) is 11.3 Å². The zero-order chi connectivity index (χ0) is 21.2. The Kier molecular flexibility index (Phi) is 5.90. The first-order chi connectivity index (χ1) is 14.4. The Morgan fingerprint density at radius 2 is 2.07 bits per heavy atom. The van der Waals surface area contributed by atoms with Crippen molar-refractivity contribution in [3.63, 3.8) is 0 Å². The number of hydrogen-bond acceptors (Lipinski definition) is 6. The first-order valence-electron chi connectivity index (χ1n) is 10.3. The number of piperidine rings is 1. The van der Waals surface area contributed by atoms with Crippen molar-refractivity contribution in [1.29, 1.82) is 0 Å². The van der Waals surface area contributed by atoms with Gasteiger partial charge in [0, 0.05) is 18.7 Å². The highest BCUT2D eigenvalue weighted by Gasteiger charge is 2.43. The van der Waals surface area contributed by atoms with Crippen molar-refractivity contribution in [3.8, 4) is 0 Å². The summed E-state index contributed by atoms with van der Waals surface area (Å²) in [6.07, 6.45) is 2.13. The van der Waals surface area contributed by atoms with E-state index in [-0.39, 0.29) is 18.2 Å². The van der Waals surface area contributed by atoms with Crippen LogP contribution < -0.4 is 5.32 Å². The van der Waals surface area contributed by atoms with E-state index in [1.807, 2.05) is 25.1 Å². The number of benzene rings is 1. The number of nitrogens with zero attached hydrogens (tertiary/aromatic N) is 4. The summed E-state index contributed by atoms with van der Waals surface area (Å²) >= 11 is 0. The first-order valence-corrected chi connectivity index (χ1v) is 11.9. The van der Waals surface area contributed by atoms with E-state index in [0.717, 1.165) is 18.5 Å². The van der Waals surface area contributed by atoms with Gasteiger partial charge in [-0.05, 0) is 31.4 Å². The van der Waals surface area contributed by atoms with Crippen molar-refractivity contribution in [3.05, 3.63) is 47.3 Å². The summed E-state index contributed by atoms with van der Waals surface area (Å²) in [6.45, 7) is 3.76. The van der Waals surface area contributed by atoms with Crippen molar-refractivity contribution in [2.24, 2.45) is 0 Å². The van der Waals surface area contributed by atoms with Crippen LogP contribution >= 0.6 is 0 Å². The molecule has 162 valence electrons. The number of aromatic nitrogens is 3. The van der Waals surface area contributed by atoms with Gasteiger partial charge >= 0.3 is 0 Å². The molecule has 1 aromatic heterocycles. The van der Waals surface area contributed by atoms with Crippen molar-refractivity contribution in [2.75, 3.05) is 18.8 Å². The molecule has 2 aliphatic rings. The fraction of sp³-hybridized carbons (Fsp3) is 0.550. The molecule has 0 aliphatic carbocycles. The molecule has 30 heavy (non-hydrogen) atoms. The number of ether oxygens (including phenoxy) is 1. The Hall–Kier alpha value is -2.30. The van der Waals surface area contributed by atoms with Crippen molar-refractivity contribution >= 4 is 15.9 Å². The largest absolute Gasteiger partial charge is 0.365 e. The second-order valence-corrected chi connectivity index (χ2v) is 10.0. The number of carbonyl (C=O) groups is 1. The van der Waals surface area contributed by atoms with Crippen LogP contribution in [0.4, 0.5) is 0 Å². The van der Waals surface area contributed by atoms with E-state index in [0.29, 0.717) is 43.9 Å². The van der Waals surface area contributed by atoms with E-state index in [1.54, 1.807) is 21.1 Å². The number of rotatable bonds is 6. The van der Waals surface area contributed by atoms with Crippen molar-refractivity contribution in [1.82, 2.24) is 24.6 Å². The highest BCUT2D eigenvalue weighted by Crippen LogP contribution is 2.33. The Labute approximate surface area is 176 Å². The number of amides is 1. The molecule has 1 saturated heterocycles. The third-order valence-electron chi connectivity index (χ3n) is 5.68. The molecule has 0 radical (unpaired) electrons. The lowest BCUT2D eigenvalue weighted by molar-refractivity contribution is -0.117. The minimum Gasteiger partial charge on any atom is -0.365 e. The summed E-state index contributed by atoms with van der Waals surface area (Å²) in [6, 6.07) is 9.00. The average Bonchev–Trinajstić information content (AvgIpc) is 3.14. The zero-order valence-electron chi connectivity index (χ0n) is 17.1. The van der Waals surface area contributed by atoms with Crippen LogP contribution in [0.25, 0.3) is 0 Å². The van der Waals surface area contributed by atoms with Gasteiger partial charge in [0.25, 0.3) is 5.91 Å². The third-order valence-corrected chi connectivity index (χ3v) is 7.71. The average molecular weight is 434 g/mol. The van der Waals surface area contributed by atoms with Crippen molar-refractivity contribution < 1.29 is 17.9 Å². The maximum absolute atomic E-state index is 12.5. The van der Waals surface area contributed by atoms with Crippen LogP contribution in [-0.2, 0) is 34.5 Å². The normalized spacial score (nSPS) is 22.0. The predicted octanol–water partition coefficient (Wildman–Crippen LogP) is 1.31. The van der Waals surface area contributed by atoms with Gasteiger partial charge in [-0.2, -0.15) is 4.31 Å². The van der Waals surface area contributed by atoms with E-state index in [1.165, 1.54) is 0 Å². The Balaban J connectivity index is 1.43. The van der Waals surface area contributed by atoms with Crippen LogP contribution in [0.15, 0.2) is 30.3 Å². The number of carbonyl (C=O) groups excluding carboxylic acids is 1. The molecule has 2 aliphatic heterocycles. The fourth-order valence-corrected chi connectivity index (χ4v) is 5.73. The number of nitrogens with one attached hydrogen (secondary N) is 1. The Morgan fingerprint density at radius 1 is 1.27 bits per heavy atom. The molecule has 1 amide bonds. The van der Waals surface area contributed by atoms with E-state index in [4.69, 9.17) is 4.74 Å². The van der Waals surface area contributed by atoms with Crippen molar-refractivity contribution in [2.45, 2.75) is 51.5 Å². The molecular weight excluding hydrogens is 406 g/mol. The third kappa shape index (κ3) is 4.26. The molecule has 1 fully saturated rings. The zero-order valence-corrected chi connectivity index (χ0v) is 17.9. The highest BCUT2D eigenvalue weighted by atomic mass is 32.2. The van der Waals surface area contributed by atoms with Gasteiger partial charge in [-0.1, -0.05) is 30.3 Å². The van der Waals surface area contributed by atoms with Crippen LogP contribution in [0.2, 0.25) is 0 Å².